The maximum Gasteiger partial charge on any atom is 0.240 e. The number of benzene rings is 2. The highest BCUT2D eigenvalue weighted by Crippen LogP contribution is 2.17. The topological polar surface area (TPSA) is 106 Å². The molecule has 30 heavy (non-hydrogen) atoms. The molecule has 0 saturated carbocycles. The van der Waals surface area contributed by atoms with Gasteiger partial charge in [-0.2, -0.15) is 0 Å². The summed E-state index contributed by atoms with van der Waals surface area (Å²) < 4.78 is 32.6. The molecule has 2 aromatic carbocycles. The second kappa shape index (κ2) is 12.1. The van der Waals surface area contributed by atoms with Crippen molar-refractivity contribution < 1.29 is 13.2 Å². The number of halogens is 1. The van der Waals surface area contributed by atoms with Crippen LogP contribution in [-0.2, 0) is 16.6 Å². The third-order valence-corrected chi connectivity index (χ3v) is 5.29. The maximum absolute atomic E-state index is 12.2. The summed E-state index contributed by atoms with van der Waals surface area (Å²) in [6.07, 6.45) is 0.118. The van der Waals surface area contributed by atoms with Gasteiger partial charge in [0, 0.05) is 12.2 Å². The summed E-state index contributed by atoms with van der Waals surface area (Å²) in [5, 5.41) is 3.02. The van der Waals surface area contributed by atoms with Crippen molar-refractivity contribution in [1.29, 1.82) is 0 Å². The standard InChI is InChI=1S/C21H30N4O3S.HI/c1-15(2)13-24-29(26,27)20-11-5-17(6-12-20)14-23-21(22)25-18-7-9-19(10-8-18)28-16(3)4;/h5-12,15-16,24H,13-14H2,1-4H3,(H3,22,23,25);1H. The number of ether oxygens (including phenoxy) is 1. The van der Waals surface area contributed by atoms with Gasteiger partial charge in [-0.1, -0.05) is 26.0 Å². The van der Waals surface area contributed by atoms with Gasteiger partial charge >= 0.3 is 0 Å². The minimum atomic E-state index is -3.49. The zero-order valence-electron chi connectivity index (χ0n) is 17.8. The molecule has 0 spiro atoms. The van der Waals surface area contributed by atoms with Crippen molar-refractivity contribution in [3.05, 3.63) is 54.1 Å². The van der Waals surface area contributed by atoms with Crippen LogP contribution in [0.3, 0.4) is 0 Å². The molecule has 4 N–H and O–H groups in total. The lowest BCUT2D eigenvalue weighted by atomic mass is 10.2. The lowest BCUT2D eigenvalue weighted by molar-refractivity contribution is 0.242. The molecule has 166 valence electrons. The Bertz CT molecular complexity index is 912. The van der Waals surface area contributed by atoms with Gasteiger partial charge in [-0.25, -0.2) is 18.1 Å². The molecule has 0 unspecified atom stereocenters. The van der Waals surface area contributed by atoms with Gasteiger partial charge in [-0.05, 0) is 61.7 Å². The van der Waals surface area contributed by atoms with E-state index in [9.17, 15) is 8.42 Å². The molecular formula is C21H31IN4O3S. The van der Waals surface area contributed by atoms with Crippen LogP contribution in [-0.4, -0.2) is 27.0 Å². The van der Waals surface area contributed by atoms with E-state index < -0.39 is 10.0 Å². The first-order valence-corrected chi connectivity index (χ1v) is 11.1. The fourth-order valence-corrected chi connectivity index (χ4v) is 3.60. The van der Waals surface area contributed by atoms with Gasteiger partial charge in [-0.3, -0.25) is 0 Å². The normalized spacial score (nSPS) is 12.0. The van der Waals surface area contributed by atoms with Gasteiger partial charge in [0.25, 0.3) is 0 Å². The number of anilines is 1. The average molecular weight is 546 g/mol. The van der Waals surface area contributed by atoms with Crippen LogP contribution in [0.1, 0.15) is 33.3 Å². The fourth-order valence-electron chi connectivity index (χ4n) is 2.39. The van der Waals surface area contributed by atoms with Crippen molar-refractivity contribution in [2.24, 2.45) is 16.6 Å². The van der Waals surface area contributed by atoms with E-state index in [1.807, 2.05) is 52.0 Å². The van der Waals surface area contributed by atoms with Crippen molar-refractivity contribution in [3.63, 3.8) is 0 Å². The van der Waals surface area contributed by atoms with Gasteiger partial charge < -0.3 is 15.8 Å². The molecule has 7 nitrogen and oxygen atoms in total. The van der Waals surface area contributed by atoms with Crippen LogP contribution in [0.5, 0.6) is 5.75 Å². The van der Waals surface area contributed by atoms with Gasteiger partial charge in [0.2, 0.25) is 10.0 Å². The van der Waals surface area contributed by atoms with Gasteiger partial charge in [0.15, 0.2) is 5.96 Å². The van der Waals surface area contributed by atoms with E-state index >= 15 is 0 Å². The summed E-state index contributed by atoms with van der Waals surface area (Å²) in [5.74, 6) is 1.31. The molecule has 2 rings (SSSR count). The van der Waals surface area contributed by atoms with Crippen LogP contribution in [0.25, 0.3) is 0 Å². The van der Waals surface area contributed by atoms with Crippen molar-refractivity contribution in [1.82, 2.24) is 4.72 Å². The maximum atomic E-state index is 12.2. The number of guanidine groups is 1. The number of aliphatic imine (C=N–C) groups is 1. The summed E-state index contributed by atoms with van der Waals surface area (Å²) in [4.78, 5) is 4.54. The molecule has 2 aromatic rings. The predicted molar refractivity (Wildman–Crippen MR) is 133 cm³/mol. The number of hydrogen-bond donors (Lipinski definition) is 3. The Morgan fingerprint density at radius 1 is 1.03 bits per heavy atom. The molecule has 0 aliphatic rings. The minimum absolute atomic E-state index is 0. The summed E-state index contributed by atoms with van der Waals surface area (Å²) in [7, 11) is -3.49. The second-order valence-corrected chi connectivity index (χ2v) is 9.17. The summed E-state index contributed by atoms with van der Waals surface area (Å²) >= 11 is 0. The Kier molecular flexibility index (Phi) is 10.6. The lowest BCUT2D eigenvalue weighted by Gasteiger charge is -2.11. The number of rotatable bonds is 9. The fraction of sp³-hybridized carbons (Fsp3) is 0.381. The van der Waals surface area contributed by atoms with Crippen LogP contribution >= 0.6 is 24.0 Å². The molecule has 0 radical (unpaired) electrons. The van der Waals surface area contributed by atoms with Gasteiger partial charge in [0.1, 0.15) is 5.75 Å². The van der Waals surface area contributed by atoms with Crippen molar-refractivity contribution in [2.75, 3.05) is 11.9 Å². The molecule has 0 aliphatic heterocycles. The highest BCUT2D eigenvalue weighted by atomic mass is 127. The minimum Gasteiger partial charge on any atom is -0.491 e. The van der Waals surface area contributed by atoms with E-state index in [0.29, 0.717) is 13.1 Å². The van der Waals surface area contributed by atoms with E-state index in [1.54, 1.807) is 24.3 Å². The zero-order valence-corrected chi connectivity index (χ0v) is 20.9. The van der Waals surface area contributed by atoms with Crippen LogP contribution in [0.15, 0.2) is 58.4 Å². The van der Waals surface area contributed by atoms with Crippen LogP contribution in [0.4, 0.5) is 5.69 Å². The predicted octanol–water partition coefficient (Wildman–Crippen LogP) is 3.95. The second-order valence-electron chi connectivity index (χ2n) is 7.41. The van der Waals surface area contributed by atoms with Crippen LogP contribution < -0.4 is 20.5 Å². The summed E-state index contributed by atoms with van der Waals surface area (Å²) in [6.45, 7) is 8.60. The lowest BCUT2D eigenvalue weighted by Crippen LogP contribution is -2.27. The van der Waals surface area contributed by atoms with Crippen molar-refractivity contribution >= 4 is 45.6 Å². The number of nitrogens with two attached hydrogens (primary N) is 1. The number of nitrogens with zero attached hydrogens (tertiary/aromatic N) is 1. The zero-order chi connectivity index (χ0) is 21.4. The molecule has 0 bridgehead atoms. The summed E-state index contributed by atoms with van der Waals surface area (Å²) in [6, 6.07) is 14.1. The number of nitrogens with one attached hydrogen (secondary N) is 2. The highest BCUT2D eigenvalue weighted by molar-refractivity contribution is 14.0. The van der Waals surface area contributed by atoms with E-state index in [0.717, 1.165) is 17.0 Å². The smallest absolute Gasteiger partial charge is 0.240 e. The molecule has 0 atom stereocenters. The van der Waals surface area contributed by atoms with Gasteiger partial charge in [0.05, 0.1) is 17.5 Å². The Morgan fingerprint density at radius 3 is 2.17 bits per heavy atom. The third kappa shape index (κ3) is 8.88. The molecular weight excluding hydrogens is 515 g/mol. The van der Waals surface area contributed by atoms with E-state index in [1.165, 1.54) is 0 Å². The molecule has 0 aromatic heterocycles. The third-order valence-electron chi connectivity index (χ3n) is 3.85. The Hall–Kier alpha value is -1.85. The molecule has 0 amide bonds. The Balaban J connectivity index is 0.00000450. The number of sulfonamides is 1. The Labute approximate surface area is 196 Å². The summed E-state index contributed by atoms with van der Waals surface area (Å²) in [5.41, 5.74) is 7.61. The molecule has 9 heteroatoms. The van der Waals surface area contributed by atoms with Gasteiger partial charge in [-0.15, -0.1) is 24.0 Å². The van der Waals surface area contributed by atoms with Crippen molar-refractivity contribution in [2.45, 2.75) is 45.2 Å². The van der Waals surface area contributed by atoms with Crippen molar-refractivity contribution in [3.8, 4) is 5.75 Å². The van der Waals surface area contributed by atoms with E-state index in [-0.39, 0.29) is 46.9 Å². The first-order chi connectivity index (χ1) is 13.7. The monoisotopic (exact) mass is 546 g/mol. The first-order valence-electron chi connectivity index (χ1n) is 9.58. The van der Waals surface area contributed by atoms with E-state index in [4.69, 9.17) is 10.5 Å². The highest BCUT2D eigenvalue weighted by Gasteiger charge is 2.13. The molecule has 0 aliphatic carbocycles. The molecule has 0 fully saturated rings. The Morgan fingerprint density at radius 2 is 1.63 bits per heavy atom. The quantitative estimate of drug-likeness (QED) is 0.251. The number of hydrogen-bond acceptors (Lipinski definition) is 4. The first kappa shape index (κ1) is 26.2. The molecule has 0 saturated heterocycles. The largest absolute Gasteiger partial charge is 0.491 e. The van der Waals surface area contributed by atoms with E-state index in [2.05, 4.69) is 15.0 Å². The average Bonchev–Trinajstić information content (AvgIpc) is 2.66. The SMILES string of the molecule is CC(C)CNS(=O)(=O)c1ccc(CN=C(N)Nc2ccc(OC(C)C)cc2)cc1.I. The van der Waals surface area contributed by atoms with Crippen LogP contribution in [0, 0.1) is 5.92 Å². The molecule has 0 heterocycles. The van der Waals surface area contributed by atoms with Crippen LogP contribution in [0.2, 0.25) is 0 Å².